The van der Waals surface area contributed by atoms with Gasteiger partial charge in [0.25, 0.3) is 0 Å². The lowest BCUT2D eigenvalue weighted by Crippen LogP contribution is -2.37. The number of nitrogens with zero attached hydrogens (tertiary/aromatic N) is 2. The number of guanidine groups is 1. The summed E-state index contributed by atoms with van der Waals surface area (Å²) in [6.07, 6.45) is 1.66. The molecule has 0 amide bonds. The molecular weight excluding hydrogens is 319 g/mol. The molecule has 0 aromatic carbocycles. The average Bonchev–Trinajstić information content (AvgIpc) is 2.63. The first-order valence-corrected chi connectivity index (χ1v) is 4.93. The first kappa shape index (κ1) is 13.0. The second-order valence-electron chi connectivity index (χ2n) is 3.56. The molecule has 5 nitrogen and oxygen atoms in total. The van der Waals surface area contributed by atoms with Gasteiger partial charge in [0.2, 0.25) is 0 Å². The summed E-state index contributed by atoms with van der Waals surface area (Å²) in [6.45, 7) is 3.33. The SMILES string of the molecule is CC1CN=C(NCc2ncccc2O)N1.I. The fraction of sp³-hybridized carbons (Fsp3) is 0.400. The van der Waals surface area contributed by atoms with Crippen LogP contribution in [0.4, 0.5) is 0 Å². The van der Waals surface area contributed by atoms with Crippen LogP contribution in [-0.2, 0) is 6.54 Å². The number of halogens is 1. The van der Waals surface area contributed by atoms with Crippen LogP contribution in [0.1, 0.15) is 12.6 Å². The minimum absolute atomic E-state index is 0. The fourth-order valence-electron chi connectivity index (χ4n) is 1.39. The van der Waals surface area contributed by atoms with Gasteiger partial charge in [0, 0.05) is 12.2 Å². The van der Waals surface area contributed by atoms with Crippen LogP contribution in [0.2, 0.25) is 0 Å². The highest BCUT2D eigenvalue weighted by molar-refractivity contribution is 14.0. The van der Waals surface area contributed by atoms with Crippen molar-refractivity contribution in [1.82, 2.24) is 15.6 Å². The van der Waals surface area contributed by atoms with E-state index in [4.69, 9.17) is 0 Å². The third-order valence-corrected chi connectivity index (χ3v) is 2.20. The highest BCUT2D eigenvalue weighted by Crippen LogP contribution is 2.11. The molecule has 6 heteroatoms. The standard InChI is InChI=1S/C10H14N4O.HI/c1-7-5-12-10(14-7)13-6-8-9(15)3-2-4-11-8;/h2-4,7,15H,5-6H2,1H3,(H2,12,13,14);1H. The van der Waals surface area contributed by atoms with E-state index in [2.05, 4.69) is 27.5 Å². The molecule has 1 aliphatic heterocycles. The maximum atomic E-state index is 9.47. The van der Waals surface area contributed by atoms with Crippen molar-refractivity contribution in [1.29, 1.82) is 0 Å². The number of hydrogen-bond donors (Lipinski definition) is 3. The Morgan fingerprint density at radius 1 is 1.62 bits per heavy atom. The smallest absolute Gasteiger partial charge is 0.191 e. The normalized spacial score (nSPS) is 18.3. The van der Waals surface area contributed by atoms with Gasteiger partial charge >= 0.3 is 0 Å². The summed E-state index contributed by atoms with van der Waals surface area (Å²) in [5.74, 6) is 0.976. The number of nitrogens with one attached hydrogen (secondary N) is 2. The lowest BCUT2D eigenvalue weighted by Gasteiger charge is -2.08. The molecule has 2 rings (SSSR count). The van der Waals surface area contributed by atoms with Crippen LogP contribution in [0.25, 0.3) is 0 Å². The number of pyridine rings is 1. The zero-order valence-corrected chi connectivity index (χ0v) is 11.3. The van der Waals surface area contributed by atoms with Gasteiger partial charge in [0.1, 0.15) is 11.4 Å². The molecule has 0 radical (unpaired) electrons. The molecular formula is C10H15IN4O. The molecule has 0 fully saturated rings. The van der Waals surface area contributed by atoms with Crippen molar-refractivity contribution < 1.29 is 5.11 Å². The van der Waals surface area contributed by atoms with Crippen LogP contribution in [-0.4, -0.2) is 28.6 Å². The van der Waals surface area contributed by atoms with Gasteiger partial charge in [-0.05, 0) is 19.1 Å². The predicted molar refractivity (Wildman–Crippen MR) is 73.1 cm³/mol. The lowest BCUT2D eigenvalue weighted by atomic mass is 10.3. The molecule has 1 aliphatic rings. The molecule has 0 saturated heterocycles. The quantitative estimate of drug-likeness (QED) is 0.701. The Morgan fingerprint density at radius 2 is 2.44 bits per heavy atom. The van der Waals surface area contributed by atoms with Gasteiger partial charge in [0.05, 0.1) is 13.1 Å². The number of rotatable bonds is 2. The van der Waals surface area contributed by atoms with Crippen molar-refractivity contribution in [3.8, 4) is 5.75 Å². The second-order valence-corrected chi connectivity index (χ2v) is 3.56. The Bertz CT molecular complexity index is 383. The third-order valence-electron chi connectivity index (χ3n) is 2.20. The summed E-state index contributed by atoms with van der Waals surface area (Å²) in [4.78, 5) is 8.31. The van der Waals surface area contributed by atoms with E-state index in [1.54, 1.807) is 18.3 Å². The number of aromatic hydroxyl groups is 1. The summed E-state index contributed by atoms with van der Waals surface area (Å²) in [6, 6.07) is 3.70. The van der Waals surface area contributed by atoms with E-state index >= 15 is 0 Å². The highest BCUT2D eigenvalue weighted by Gasteiger charge is 2.12. The van der Waals surface area contributed by atoms with Crippen molar-refractivity contribution in [2.75, 3.05) is 6.54 Å². The number of aliphatic imine (C=N–C) groups is 1. The van der Waals surface area contributed by atoms with E-state index in [9.17, 15) is 5.11 Å². The van der Waals surface area contributed by atoms with Crippen molar-refractivity contribution in [3.63, 3.8) is 0 Å². The molecule has 2 heterocycles. The van der Waals surface area contributed by atoms with Gasteiger partial charge in [-0.3, -0.25) is 9.98 Å². The first-order valence-electron chi connectivity index (χ1n) is 4.93. The summed E-state index contributed by atoms with van der Waals surface area (Å²) in [5.41, 5.74) is 0.626. The van der Waals surface area contributed by atoms with Gasteiger partial charge < -0.3 is 15.7 Å². The first-order chi connectivity index (χ1) is 7.25. The van der Waals surface area contributed by atoms with Crippen LogP contribution in [0, 0.1) is 0 Å². The van der Waals surface area contributed by atoms with Gasteiger partial charge in [-0.2, -0.15) is 0 Å². The lowest BCUT2D eigenvalue weighted by molar-refractivity contribution is 0.462. The monoisotopic (exact) mass is 334 g/mol. The summed E-state index contributed by atoms with van der Waals surface area (Å²) >= 11 is 0. The molecule has 16 heavy (non-hydrogen) atoms. The van der Waals surface area contributed by atoms with Crippen LogP contribution in [0.3, 0.4) is 0 Å². The zero-order chi connectivity index (χ0) is 10.7. The predicted octanol–water partition coefficient (Wildman–Crippen LogP) is 0.842. The molecule has 0 aliphatic carbocycles. The molecule has 1 atom stereocenters. The van der Waals surface area contributed by atoms with Gasteiger partial charge in [-0.15, -0.1) is 24.0 Å². The van der Waals surface area contributed by atoms with E-state index in [1.807, 2.05) is 0 Å². The average molecular weight is 334 g/mol. The largest absolute Gasteiger partial charge is 0.506 e. The molecule has 0 bridgehead atoms. The summed E-state index contributed by atoms with van der Waals surface area (Å²) in [5, 5.41) is 15.7. The van der Waals surface area contributed by atoms with E-state index < -0.39 is 0 Å². The zero-order valence-electron chi connectivity index (χ0n) is 8.97. The molecule has 88 valence electrons. The molecule has 0 spiro atoms. The third kappa shape index (κ3) is 3.22. The number of hydrogen-bond acceptors (Lipinski definition) is 5. The number of aromatic nitrogens is 1. The van der Waals surface area contributed by atoms with Crippen molar-refractivity contribution in [3.05, 3.63) is 24.0 Å². The van der Waals surface area contributed by atoms with Crippen LogP contribution in [0.5, 0.6) is 5.75 Å². The maximum absolute atomic E-state index is 9.47. The van der Waals surface area contributed by atoms with E-state index in [-0.39, 0.29) is 29.7 Å². The summed E-state index contributed by atoms with van der Waals surface area (Å²) < 4.78 is 0. The molecule has 1 aromatic heterocycles. The van der Waals surface area contributed by atoms with Crippen molar-refractivity contribution >= 4 is 29.9 Å². The van der Waals surface area contributed by atoms with Gasteiger partial charge in [0.15, 0.2) is 5.96 Å². The molecule has 1 unspecified atom stereocenters. The van der Waals surface area contributed by atoms with Crippen LogP contribution in [0.15, 0.2) is 23.3 Å². The van der Waals surface area contributed by atoms with E-state index in [0.717, 1.165) is 12.5 Å². The van der Waals surface area contributed by atoms with Gasteiger partial charge in [-0.25, -0.2) is 0 Å². The topological polar surface area (TPSA) is 69.5 Å². The Morgan fingerprint density at radius 3 is 3.06 bits per heavy atom. The molecule has 1 aromatic rings. The van der Waals surface area contributed by atoms with Crippen molar-refractivity contribution in [2.24, 2.45) is 4.99 Å². The Labute approximate surface area is 111 Å². The minimum Gasteiger partial charge on any atom is -0.506 e. The second kappa shape index (κ2) is 5.88. The van der Waals surface area contributed by atoms with Crippen LogP contribution >= 0.6 is 24.0 Å². The van der Waals surface area contributed by atoms with Crippen LogP contribution < -0.4 is 10.6 Å². The summed E-state index contributed by atoms with van der Waals surface area (Å²) in [7, 11) is 0. The fourth-order valence-corrected chi connectivity index (χ4v) is 1.39. The van der Waals surface area contributed by atoms with E-state index in [1.165, 1.54) is 0 Å². The Balaban J connectivity index is 0.00000128. The highest BCUT2D eigenvalue weighted by atomic mass is 127. The Kier molecular flexibility index (Phi) is 4.78. The minimum atomic E-state index is 0. The Hall–Kier alpha value is -1.05. The molecule has 0 saturated carbocycles. The molecule has 3 N–H and O–H groups in total. The maximum Gasteiger partial charge on any atom is 0.191 e. The van der Waals surface area contributed by atoms with Gasteiger partial charge in [-0.1, -0.05) is 0 Å². The van der Waals surface area contributed by atoms with Crippen molar-refractivity contribution in [2.45, 2.75) is 19.5 Å². The van der Waals surface area contributed by atoms with E-state index in [0.29, 0.717) is 18.3 Å².